The summed E-state index contributed by atoms with van der Waals surface area (Å²) >= 11 is 12.1. The number of carbonyl (C=O) groups excluding carboxylic acids is 1. The summed E-state index contributed by atoms with van der Waals surface area (Å²) in [5.74, 6) is 0.539. The van der Waals surface area contributed by atoms with E-state index in [-0.39, 0.29) is 17.1 Å². The first kappa shape index (κ1) is 15.3. The molecule has 1 aliphatic rings. The van der Waals surface area contributed by atoms with Crippen molar-refractivity contribution in [2.45, 2.75) is 5.37 Å². The lowest BCUT2D eigenvalue weighted by Gasteiger charge is -2.23. The van der Waals surface area contributed by atoms with E-state index in [0.29, 0.717) is 20.2 Å². The molecule has 2 aromatic rings. The second-order valence-corrected chi connectivity index (χ2v) is 8.26. The van der Waals surface area contributed by atoms with E-state index in [0.717, 1.165) is 11.3 Å². The molecule has 1 unspecified atom stereocenters. The zero-order valence-electron chi connectivity index (χ0n) is 10.7. The first-order valence-electron chi connectivity index (χ1n) is 6.19. The summed E-state index contributed by atoms with van der Waals surface area (Å²) in [6, 6.07) is 8.36. The van der Waals surface area contributed by atoms with Gasteiger partial charge in [0.25, 0.3) is 5.91 Å². The van der Waals surface area contributed by atoms with E-state index in [9.17, 15) is 9.18 Å². The summed E-state index contributed by atoms with van der Waals surface area (Å²) in [6.07, 6.45) is 0. The largest absolute Gasteiger partial charge is 0.321 e. The van der Waals surface area contributed by atoms with Crippen molar-refractivity contribution >= 4 is 56.5 Å². The molecule has 2 nitrogen and oxygen atoms in total. The minimum atomic E-state index is -0.301. The lowest BCUT2D eigenvalue weighted by atomic mass is 10.2. The van der Waals surface area contributed by atoms with Crippen LogP contribution in [0.25, 0.3) is 0 Å². The molecule has 2 heterocycles. The fraction of sp³-hybridized carbons (Fsp3) is 0.214. The van der Waals surface area contributed by atoms with Gasteiger partial charge in [0.05, 0.1) is 13.7 Å². The molecule has 1 aromatic carbocycles. The lowest BCUT2D eigenvalue weighted by molar-refractivity contribution is 0.0765. The Morgan fingerprint density at radius 3 is 2.86 bits per heavy atom. The molecule has 1 aliphatic heterocycles. The monoisotopic (exact) mass is 405 g/mol. The third-order valence-corrected chi connectivity index (χ3v) is 6.25. The topological polar surface area (TPSA) is 20.3 Å². The van der Waals surface area contributed by atoms with E-state index < -0.39 is 0 Å². The summed E-state index contributed by atoms with van der Waals surface area (Å²) in [4.78, 5) is 15.0. The number of benzene rings is 1. The maximum absolute atomic E-state index is 13.4. The smallest absolute Gasteiger partial charge is 0.265 e. The van der Waals surface area contributed by atoms with Gasteiger partial charge in [-0.15, -0.1) is 23.1 Å². The van der Waals surface area contributed by atoms with Gasteiger partial charge >= 0.3 is 0 Å². The summed E-state index contributed by atoms with van der Waals surface area (Å²) in [5, 5.41) is -0.0877. The van der Waals surface area contributed by atoms with Gasteiger partial charge in [-0.25, -0.2) is 4.39 Å². The van der Waals surface area contributed by atoms with Gasteiger partial charge in [-0.2, -0.15) is 0 Å². The number of thioether (sulfide) groups is 1. The summed E-state index contributed by atoms with van der Waals surface area (Å²) in [7, 11) is 0. The fourth-order valence-electron chi connectivity index (χ4n) is 2.19. The number of hydrogen-bond acceptors (Lipinski definition) is 3. The Balaban J connectivity index is 1.88. The Kier molecular flexibility index (Phi) is 4.59. The first-order valence-corrected chi connectivity index (χ1v) is 9.23. The maximum atomic E-state index is 13.4. The van der Waals surface area contributed by atoms with Gasteiger partial charge in [-0.1, -0.05) is 17.7 Å². The van der Waals surface area contributed by atoms with E-state index >= 15 is 0 Å². The first-order chi connectivity index (χ1) is 10.1. The van der Waals surface area contributed by atoms with Gasteiger partial charge in [0.2, 0.25) is 0 Å². The van der Waals surface area contributed by atoms with Crippen molar-refractivity contribution in [2.24, 2.45) is 0 Å². The van der Waals surface area contributed by atoms with Crippen LogP contribution in [0.3, 0.4) is 0 Å². The number of amides is 1. The quantitative estimate of drug-likeness (QED) is 0.684. The highest BCUT2D eigenvalue weighted by Crippen LogP contribution is 2.40. The van der Waals surface area contributed by atoms with Crippen molar-refractivity contribution in [2.75, 3.05) is 12.3 Å². The maximum Gasteiger partial charge on any atom is 0.265 e. The minimum Gasteiger partial charge on any atom is -0.321 e. The van der Waals surface area contributed by atoms with Gasteiger partial charge in [-0.05, 0) is 45.8 Å². The van der Waals surface area contributed by atoms with Crippen molar-refractivity contribution in [3.8, 4) is 0 Å². The molecule has 7 heteroatoms. The molecule has 1 amide bonds. The summed E-state index contributed by atoms with van der Waals surface area (Å²) in [6.45, 7) is 0.679. The van der Waals surface area contributed by atoms with Crippen LogP contribution >= 0.6 is 50.6 Å². The molecule has 0 N–H and O–H groups in total. The normalized spacial score (nSPS) is 18.2. The molecular formula is C14H10BrClFNOS2. The molecule has 0 spiro atoms. The van der Waals surface area contributed by atoms with Crippen LogP contribution in [0.5, 0.6) is 0 Å². The molecule has 3 rings (SSSR count). The Hall–Kier alpha value is -0.560. The van der Waals surface area contributed by atoms with Crippen molar-refractivity contribution in [3.05, 3.63) is 55.4 Å². The van der Waals surface area contributed by atoms with Crippen LogP contribution < -0.4 is 0 Å². The molecular weight excluding hydrogens is 397 g/mol. The van der Waals surface area contributed by atoms with E-state index in [1.807, 2.05) is 4.90 Å². The third kappa shape index (κ3) is 3.13. The second-order valence-electron chi connectivity index (χ2n) is 4.50. The molecule has 0 saturated carbocycles. The predicted octanol–water partition coefficient (Wildman–Crippen LogP) is 5.19. The average molecular weight is 407 g/mol. The van der Waals surface area contributed by atoms with Gasteiger partial charge in [0.1, 0.15) is 11.2 Å². The van der Waals surface area contributed by atoms with Crippen LogP contribution in [0.2, 0.25) is 4.34 Å². The molecule has 0 radical (unpaired) electrons. The number of thiophene rings is 1. The SMILES string of the molecule is O=C(c1ccc(Cl)s1)N1CCSC1c1ccc(F)c(Br)c1. The highest BCUT2D eigenvalue weighted by molar-refractivity contribution is 9.10. The highest BCUT2D eigenvalue weighted by atomic mass is 79.9. The molecule has 1 fully saturated rings. The number of carbonyl (C=O) groups is 1. The van der Waals surface area contributed by atoms with E-state index in [2.05, 4.69) is 15.9 Å². The Morgan fingerprint density at radius 2 is 2.19 bits per heavy atom. The molecule has 1 saturated heterocycles. The molecule has 0 bridgehead atoms. The highest BCUT2D eigenvalue weighted by Gasteiger charge is 2.32. The van der Waals surface area contributed by atoms with E-state index in [1.165, 1.54) is 17.4 Å². The number of halogens is 3. The van der Waals surface area contributed by atoms with Gasteiger partial charge < -0.3 is 4.90 Å². The predicted molar refractivity (Wildman–Crippen MR) is 89.7 cm³/mol. The fourth-order valence-corrected chi connectivity index (χ4v) is 4.83. The number of nitrogens with zero attached hydrogens (tertiary/aromatic N) is 1. The molecule has 110 valence electrons. The molecule has 1 aromatic heterocycles. The van der Waals surface area contributed by atoms with Crippen LogP contribution in [0, 0.1) is 5.82 Å². The minimum absolute atomic E-state index is 0.0256. The third-order valence-electron chi connectivity index (χ3n) is 3.16. The van der Waals surface area contributed by atoms with Crippen LogP contribution in [0.15, 0.2) is 34.8 Å². The summed E-state index contributed by atoms with van der Waals surface area (Å²) < 4.78 is 14.4. The van der Waals surface area contributed by atoms with Crippen molar-refractivity contribution in [1.82, 2.24) is 4.90 Å². The van der Waals surface area contributed by atoms with Crippen LogP contribution in [0.4, 0.5) is 4.39 Å². The zero-order chi connectivity index (χ0) is 15.0. The van der Waals surface area contributed by atoms with Crippen LogP contribution in [-0.4, -0.2) is 23.1 Å². The average Bonchev–Trinajstić information content (AvgIpc) is 3.10. The molecule has 1 atom stereocenters. The number of rotatable bonds is 2. The molecule has 0 aliphatic carbocycles. The van der Waals surface area contributed by atoms with Crippen LogP contribution in [-0.2, 0) is 0 Å². The Labute approximate surface area is 143 Å². The van der Waals surface area contributed by atoms with Crippen molar-refractivity contribution < 1.29 is 9.18 Å². The van der Waals surface area contributed by atoms with Crippen molar-refractivity contribution in [3.63, 3.8) is 0 Å². The van der Waals surface area contributed by atoms with Gasteiger partial charge in [0.15, 0.2) is 0 Å². The Morgan fingerprint density at radius 1 is 1.38 bits per heavy atom. The standard InChI is InChI=1S/C14H10BrClFNOS2/c15-9-7-8(1-2-10(9)17)14-18(5-6-20-14)13(19)11-3-4-12(16)21-11/h1-4,7,14H,5-6H2. The van der Waals surface area contributed by atoms with Crippen molar-refractivity contribution in [1.29, 1.82) is 0 Å². The van der Waals surface area contributed by atoms with Gasteiger partial charge in [0, 0.05) is 12.3 Å². The summed E-state index contributed by atoms with van der Waals surface area (Å²) in [5.41, 5.74) is 0.918. The number of hydrogen-bond donors (Lipinski definition) is 0. The van der Waals surface area contributed by atoms with E-state index in [1.54, 1.807) is 36.0 Å². The zero-order valence-corrected chi connectivity index (χ0v) is 14.7. The van der Waals surface area contributed by atoms with Gasteiger partial charge in [-0.3, -0.25) is 4.79 Å². The molecule has 21 heavy (non-hydrogen) atoms. The van der Waals surface area contributed by atoms with E-state index in [4.69, 9.17) is 11.6 Å². The lowest BCUT2D eigenvalue weighted by Crippen LogP contribution is -2.29. The second kappa shape index (κ2) is 6.28. The Bertz CT molecular complexity index is 693. The van der Waals surface area contributed by atoms with Crippen LogP contribution in [0.1, 0.15) is 20.6 Å².